The predicted molar refractivity (Wildman–Crippen MR) is 98.1 cm³/mol. The molecule has 0 amide bonds. The zero-order valence-corrected chi connectivity index (χ0v) is 20.2. The van der Waals surface area contributed by atoms with Gasteiger partial charge in [-0.25, -0.2) is 16.8 Å². The Morgan fingerprint density at radius 2 is 1.46 bits per heavy atom. The van der Waals surface area contributed by atoms with Crippen molar-refractivity contribution >= 4 is 14.7 Å². The fourth-order valence-electron chi connectivity index (χ4n) is 3.14. The molecular formula is C21H23Cl3SiTi. The molecule has 0 aromatic heterocycles. The van der Waals surface area contributed by atoms with Crippen LogP contribution >= 0.6 is 0 Å². The molecule has 0 saturated carbocycles. The Bertz CT molecular complexity index is 685. The number of hydrogen-bond acceptors (Lipinski definition) is 0. The molecule has 26 heavy (non-hydrogen) atoms. The van der Waals surface area contributed by atoms with Crippen molar-refractivity contribution in [1.82, 2.24) is 0 Å². The second-order valence-corrected chi connectivity index (χ2v) is 8.09. The summed E-state index contributed by atoms with van der Waals surface area (Å²) in [6.45, 7) is 2.26. The normalized spacial score (nSPS) is 12.6. The van der Waals surface area contributed by atoms with Crippen molar-refractivity contribution in [1.29, 1.82) is 0 Å². The summed E-state index contributed by atoms with van der Waals surface area (Å²) in [7, 11) is -0.351. The third-order valence-electron chi connectivity index (χ3n) is 4.22. The van der Waals surface area contributed by atoms with Gasteiger partial charge in [-0.3, -0.25) is 0 Å². The van der Waals surface area contributed by atoms with Crippen molar-refractivity contribution in [3.05, 3.63) is 88.6 Å². The van der Waals surface area contributed by atoms with Crippen LogP contribution in [-0.2, 0) is 28.1 Å². The summed E-state index contributed by atoms with van der Waals surface area (Å²) in [4.78, 5) is 0. The molecule has 0 heterocycles. The van der Waals surface area contributed by atoms with Gasteiger partial charge in [-0.05, 0) is 21.5 Å². The summed E-state index contributed by atoms with van der Waals surface area (Å²) >= 11 is 0. The molecule has 0 spiro atoms. The molecule has 0 fully saturated rings. The molecule has 0 nitrogen and oxygen atoms in total. The van der Waals surface area contributed by atoms with Crippen LogP contribution in [0.5, 0.6) is 0 Å². The first-order valence-electron chi connectivity index (χ1n) is 8.25. The Kier molecular flexibility index (Phi) is 15.8. The van der Waals surface area contributed by atoms with Gasteiger partial charge in [0.1, 0.15) is 0 Å². The summed E-state index contributed by atoms with van der Waals surface area (Å²) in [5.41, 5.74) is 4.40. The zero-order chi connectivity index (χ0) is 15.2. The van der Waals surface area contributed by atoms with Crippen LogP contribution in [0.1, 0.15) is 31.7 Å². The smallest absolute Gasteiger partial charge is 1.00 e. The van der Waals surface area contributed by atoms with Crippen LogP contribution in [0, 0.1) is 6.08 Å². The molecule has 0 atom stereocenters. The van der Waals surface area contributed by atoms with Gasteiger partial charge in [-0.1, -0.05) is 92.0 Å². The minimum Gasteiger partial charge on any atom is -1.00 e. The van der Waals surface area contributed by atoms with Gasteiger partial charge >= 0.3 is 21.7 Å². The molecule has 0 N–H and O–H groups in total. The van der Waals surface area contributed by atoms with Gasteiger partial charge < -0.3 is 37.2 Å². The minimum absolute atomic E-state index is 0. The largest absolute Gasteiger partial charge is 4.00 e. The van der Waals surface area contributed by atoms with Gasteiger partial charge in [0, 0.05) is 0 Å². The molecule has 2 aromatic carbocycles. The average molecular weight is 458 g/mol. The molecule has 0 unspecified atom stereocenters. The number of benzene rings is 2. The zero-order valence-electron chi connectivity index (χ0n) is 14.9. The van der Waals surface area contributed by atoms with E-state index in [4.69, 9.17) is 0 Å². The molecule has 3 rings (SSSR count). The third kappa shape index (κ3) is 8.17. The summed E-state index contributed by atoms with van der Waals surface area (Å²) in [5.74, 6) is 0. The summed E-state index contributed by atoms with van der Waals surface area (Å²) in [5, 5.41) is 3.24. The van der Waals surface area contributed by atoms with E-state index in [1.165, 1.54) is 36.0 Å². The van der Waals surface area contributed by atoms with Gasteiger partial charge in [-0.15, -0.1) is 0 Å². The van der Waals surface area contributed by atoms with Crippen LogP contribution in [0.4, 0.5) is 0 Å². The topological polar surface area (TPSA) is 0 Å². The second kappa shape index (κ2) is 14.7. The monoisotopic (exact) mass is 456 g/mol. The number of allylic oxidation sites excluding steroid dienone is 4. The fraction of sp³-hybridized carbons (Fsp3) is 0.238. The van der Waals surface area contributed by atoms with E-state index in [2.05, 4.69) is 73.7 Å². The van der Waals surface area contributed by atoms with E-state index in [1.807, 2.05) is 0 Å². The van der Waals surface area contributed by atoms with Crippen molar-refractivity contribution in [3.8, 4) is 0 Å². The van der Waals surface area contributed by atoms with Crippen LogP contribution in [0.15, 0.2) is 77.0 Å². The van der Waals surface area contributed by atoms with Crippen LogP contribution in [0.25, 0.3) is 0 Å². The summed E-state index contributed by atoms with van der Waals surface area (Å²) < 4.78 is 0. The van der Waals surface area contributed by atoms with E-state index in [-0.39, 0.29) is 68.5 Å². The molecule has 1 aliphatic carbocycles. The van der Waals surface area contributed by atoms with E-state index in [1.54, 1.807) is 10.4 Å². The Morgan fingerprint density at radius 1 is 0.885 bits per heavy atom. The fourth-order valence-corrected chi connectivity index (χ4v) is 5.00. The predicted octanol–water partition coefficient (Wildman–Crippen LogP) is -5.08. The van der Waals surface area contributed by atoms with Gasteiger partial charge in [0.05, 0.1) is 0 Å². The van der Waals surface area contributed by atoms with Crippen LogP contribution < -0.4 is 42.4 Å². The van der Waals surface area contributed by atoms with Gasteiger partial charge in [0.25, 0.3) is 0 Å². The molecule has 0 bridgehead atoms. The number of halogens is 3. The second-order valence-electron chi connectivity index (χ2n) is 6.06. The van der Waals surface area contributed by atoms with Crippen molar-refractivity contribution in [3.63, 3.8) is 0 Å². The van der Waals surface area contributed by atoms with Crippen molar-refractivity contribution < 1.29 is 58.9 Å². The quantitative estimate of drug-likeness (QED) is 0.301. The maximum absolute atomic E-state index is 3.74. The molecule has 0 saturated heterocycles. The Hall–Kier alpha value is -0.279. The van der Waals surface area contributed by atoms with Gasteiger partial charge in [0.15, 0.2) is 0 Å². The van der Waals surface area contributed by atoms with Gasteiger partial charge in [-0.2, -0.15) is 5.57 Å². The maximum Gasteiger partial charge on any atom is 4.00 e. The molecule has 1 aliphatic rings. The van der Waals surface area contributed by atoms with E-state index >= 15 is 0 Å². The first kappa shape index (κ1) is 27.9. The Morgan fingerprint density at radius 3 is 2.04 bits per heavy atom. The maximum atomic E-state index is 3.74. The molecule has 136 valence electrons. The van der Waals surface area contributed by atoms with E-state index < -0.39 is 0 Å². The average Bonchev–Trinajstić information content (AvgIpc) is 2.91. The molecule has 2 aromatic rings. The van der Waals surface area contributed by atoms with Crippen LogP contribution in [0.3, 0.4) is 0 Å². The third-order valence-corrected chi connectivity index (χ3v) is 6.20. The van der Waals surface area contributed by atoms with Crippen molar-refractivity contribution in [2.45, 2.75) is 32.6 Å². The first-order chi connectivity index (χ1) is 10.8. The Balaban J connectivity index is 0. The standard InChI is InChI=1S/C21H23Si.3ClH.Ti/c1-2-9-18-15-19(14-17-10-5-3-6-11-17)21(16-18)22-20-12-7-4-8-13-20;;;;/h3-8,10-13H,2,9,14,16,22H2,1H3;3*1H;/q-1;;;;+4/p-3. The summed E-state index contributed by atoms with van der Waals surface area (Å²) in [6.07, 6.45) is 8.39. The SMILES string of the molecule is CCCC1=[C-]C(Cc2ccccc2)=C([SiH2]c2ccccc2)C1.[Cl-].[Cl-].[Cl-].[Ti+4]. The van der Waals surface area contributed by atoms with Crippen LogP contribution in [0.2, 0.25) is 0 Å². The van der Waals surface area contributed by atoms with Gasteiger partial charge in [0.2, 0.25) is 0 Å². The molecule has 0 radical (unpaired) electrons. The van der Waals surface area contributed by atoms with E-state index in [9.17, 15) is 0 Å². The molecule has 0 aliphatic heterocycles. The molecule has 5 heteroatoms. The first-order valence-corrected chi connectivity index (χ1v) is 9.67. The van der Waals surface area contributed by atoms with E-state index in [0.717, 1.165) is 6.42 Å². The minimum atomic E-state index is -0.351. The molecular weight excluding hydrogens is 435 g/mol. The van der Waals surface area contributed by atoms with Crippen molar-refractivity contribution in [2.24, 2.45) is 0 Å². The Labute approximate surface area is 193 Å². The van der Waals surface area contributed by atoms with Crippen molar-refractivity contribution in [2.75, 3.05) is 0 Å². The number of rotatable bonds is 6. The summed E-state index contributed by atoms with van der Waals surface area (Å²) in [6, 6.07) is 21.8. The number of hydrogen-bond donors (Lipinski definition) is 0. The van der Waals surface area contributed by atoms with E-state index in [0.29, 0.717) is 0 Å². The van der Waals surface area contributed by atoms with Crippen LogP contribution in [-0.4, -0.2) is 9.52 Å².